The second-order valence-electron chi connectivity index (χ2n) is 6.60. The summed E-state index contributed by atoms with van der Waals surface area (Å²) in [5.41, 5.74) is -0.874. The van der Waals surface area contributed by atoms with Gasteiger partial charge in [0.25, 0.3) is 5.56 Å². The fourth-order valence-electron chi connectivity index (χ4n) is 3.12. The minimum Gasteiger partial charge on any atom is -0.464 e. The van der Waals surface area contributed by atoms with Crippen molar-refractivity contribution in [2.75, 3.05) is 6.61 Å². The molecule has 0 unspecified atom stereocenters. The van der Waals surface area contributed by atoms with E-state index in [4.69, 9.17) is 4.74 Å². The van der Waals surface area contributed by atoms with Gasteiger partial charge in [-0.15, -0.1) is 0 Å². The van der Waals surface area contributed by atoms with Crippen LogP contribution in [0.1, 0.15) is 18.1 Å². The van der Waals surface area contributed by atoms with E-state index in [0.29, 0.717) is 16.5 Å². The molecule has 1 heterocycles. The van der Waals surface area contributed by atoms with Crippen molar-refractivity contribution in [3.63, 3.8) is 0 Å². The van der Waals surface area contributed by atoms with Crippen LogP contribution in [-0.2, 0) is 35.2 Å². The number of aromatic nitrogens is 2. The first-order chi connectivity index (χ1) is 14.2. The van der Waals surface area contributed by atoms with E-state index in [-0.39, 0.29) is 26.1 Å². The van der Waals surface area contributed by atoms with Crippen LogP contribution in [0.25, 0.3) is 10.9 Å². The Morgan fingerprint density at radius 3 is 2.30 bits per heavy atom. The highest BCUT2D eigenvalue weighted by Crippen LogP contribution is 2.29. The highest BCUT2D eigenvalue weighted by atomic mass is 19.4. The molecular weight excluding hydrogens is 401 g/mol. The predicted molar refractivity (Wildman–Crippen MR) is 104 cm³/mol. The molecule has 30 heavy (non-hydrogen) atoms. The van der Waals surface area contributed by atoms with Crippen molar-refractivity contribution in [1.29, 1.82) is 0 Å². The van der Waals surface area contributed by atoms with E-state index in [1.165, 1.54) is 16.7 Å². The lowest BCUT2D eigenvalue weighted by molar-refractivity contribution is -0.144. The molecule has 0 spiro atoms. The number of benzene rings is 2. The molecule has 0 aliphatic carbocycles. The van der Waals surface area contributed by atoms with Gasteiger partial charge in [-0.25, -0.2) is 4.79 Å². The van der Waals surface area contributed by atoms with Crippen LogP contribution in [0.15, 0.2) is 58.1 Å². The standard InChI is InChI=1S/C21H19F3N2O4/c1-2-25-19(28)16-5-3-4-6-17(16)26(20(25)29)13-18(27)30-12-11-14-7-9-15(10-8-14)21(22,23)24/h3-10H,2,11-13H2,1H3. The number of carbonyl (C=O) groups excluding carboxylic acids is 1. The number of carbonyl (C=O) groups is 1. The van der Waals surface area contributed by atoms with Gasteiger partial charge in [0.1, 0.15) is 6.54 Å². The number of nitrogens with zero attached hydrogens (tertiary/aromatic N) is 2. The van der Waals surface area contributed by atoms with Crippen molar-refractivity contribution >= 4 is 16.9 Å². The van der Waals surface area contributed by atoms with Crippen molar-refractivity contribution < 1.29 is 22.7 Å². The van der Waals surface area contributed by atoms with Crippen LogP contribution >= 0.6 is 0 Å². The third kappa shape index (κ3) is 4.45. The molecule has 3 rings (SSSR count). The molecule has 158 valence electrons. The molecule has 0 amide bonds. The molecule has 0 atom stereocenters. The maximum Gasteiger partial charge on any atom is 0.416 e. The molecule has 0 saturated carbocycles. The monoisotopic (exact) mass is 420 g/mol. The van der Waals surface area contributed by atoms with Gasteiger partial charge >= 0.3 is 17.8 Å². The van der Waals surface area contributed by atoms with E-state index >= 15 is 0 Å². The zero-order valence-corrected chi connectivity index (χ0v) is 16.1. The quantitative estimate of drug-likeness (QED) is 0.575. The highest BCUT2D eigenvalue weighted by molar-refractivity contribution is 5.79. The van der Waals surface area contributed by atoms with Gasteiger partial charge < -0.3 is 4.74 Å². The summed E-state index contributed by atoms with van der Waals surface area (Å²) in [7, 11) is 0. The Labute approximate surface area is 169 Å². The van der Waals surface area contributed by atoms with Crippen LogP contribution < -0.4 is 11.2 Å². The number of rotatable bonds is 6. The molecule has 0 bridgehead atoms. The smallest absolute Gasteiger partial charge is 0.416 e. The Morgan fingerprint density at radius 2 is 1.67 bits per heavy atom. The summed E-state index contributed by atoms with van der Waals surface area (Å²) in [6.07, 6.45) is -4.18. The van der Waals surface area contributed by atoms with E-state index in [9.17, 15) is 27.6 Å². The molecule has 0 aliphatic heterocycles. The molecule has 0 aliphatic rings. The first-order valence-electron chi connectivity index (χ1n) is 9.26. The number of para-hydroxylation sites is 1. The molecule has 2 aromatic carbocycles. The largest absolute Gasteiger partial charge is 0.464 e. The number of alkyl halides is 3. The number of fused-ring (bicyclic) bond motifs is 1. The second kappa shape index (κ2) is 8.56. The van der Waals surface area contributed by atoms with Crippen LogP contribution in [0.3, 0.4) is 0 Å². The summed E-state index contributed by atoms with van der Waals surface area (Å²) in [4.78, 5) is 37.3. The first kappa shape index (κ1) is 21.4. The van der Waals surface area contributed by atoms with Gasteiger partial charge in [0.15, 0.2) is 0 Å². The molecule has 3 aromatic rings. The van der Waals surface area contributed by atoms with Crippen LogP contribution in [0.2, 0.25) is 0 Å². The number of ether oxygens (including phenoxy) is 1. The molecule has 1 aromatic heterocycles. The number of hydrogen-bond donors (Lipinski definition) is 0. The van der Waals surface area contributed by atoms with E-state index < -0.39 is 29.0 Å². The van der Waals surface area contributed by atoms with Crippen molar-refractivity contribution in [3.8, 4) is 0 Å². The summed E-state index contributed by atoms with van der Waals surface area (Å²) < 4.78 is 45.1. The number of hydrogen-bond acceptors (Lipinski definition) is 4. The number of halogens is 3. The molecule has 0 radical (unpaired) electrons. The Hall–Kier alpha value is -3.36. The van der Waals surface area contributed by atoms with Crippen LogP contribution in [0.4, 0.5) is 13.2 Å². The fourth-order valence-corrected chi connectivity index (χ4v) is 3.12. The fraction of sp³-hybridized carbons (Fsp3) is 0.286. The van der Waals surface area contributed by atoms with Gasteiger partial charge in [0, 0.05) is 13.0 Å². The molecule has 0 fully saturated rings. The first-order valence-corrected chi connectivity index (χ1v) is 9.26. The van der Waals surface area contributed by atoms with E-state index in [0.717, 1.165) is 16.7 Å². The van der Waals surface area contributed by atoms with Gasteiger partial charge in [0.2, 0.25) is 0 Å². The topological polar surface area (TPSA) is 70.3 Å². The third-order valence-electron chi connectivity index (χ3n) is 4.67. The average Bonchev–Trinajstić information content (AvgIpc) is 2.71. The number of esters is 1. The molecule has 0 saturated heterocycles. The minimum atomic E-state index is -4.41. The third-order valence-corrected chi connectivity index (χ3v) is 4.67. The maximum atomic E-state index is 12.6. The second-order valence-corrected chi connectivity index (χ2v) is 6.60. The van der Waals surface area contributed by atoms with Crippen molar-refractivity contribution in [1.82, 2.24) is 9.13 Å². The molecule has 9 heteroatoms. The van der Waals surface area contributed by atoms with Crippen LogP contribution in [-0.4, -0.2) is 21.7 Å². The average molecular weight is 420 g/mol. The summed E-state index contributed by atoms with van der Waals surface area (Å²) in [6, 6.07) is 11.1. The molecule has 0 N–H and O–H groups in total. The van der Waals surface area contributed by atoms with Crippen molar-refractivity contribution in [3.05, 3.63) is 80.5 Å². The predicted octanol–water partition coefficient (Wildman–Crippen LogP) is 2.99. The van der Waals surface area contributed by atoms with Crippen molar-refractivity contribution in [2.24, 2.45) is 0 Å². The zero-order valence-electron chi connectivity index (χ0n) is 16.1. The van der Waals surface area contributed by atoms with Crippen LogP contribution in [0.5, 0.6) is 0 Å². The Kier molecular flexibility index (Phi) is 6.09. The molecular formula is C21H19F3N2O4. The minimum absolute atomic E-state index is 0.0513. The summed E-state index contributed by atoms with van der Waals surface area (Å²) in [6.45, 7) is 1.38. The maximum absolute atomic E-state index is 12.6. The Balaban J connectivity index is 1.70. The van der Waals surface area contributed by atoms with Gasteiger partial charge in [-0.05, 0) is 36.8 Å². The van der Waals surface area contributed by atoms with Gasteiger partial charge in [-0.3, -0.25) is 18.7 Å². The lowest BCUT2D eigenvalue weighted by Crippen LogP contribution is -2.40. The highest BCUT2D eigenvalue weighted by Gasteiger charge is 2.29. The van der Waals surface area contributed by atoms with E-state index in [2.05, 4.69) is 0 Å². The lowest BCUT2D eigenvalue weighted by Gasteiger charge is -2.13. The normalized spacial score (nSPS) is 11.6. The van der Waals surface area contributed by atoms with Gasteiger partial charge in [-0.2, -0.15) is 13.2 Å². The Morgan fingerprint density at radius 1 is 1.00 bits per heavy atom. The van der Waals surface area contributed by atoms with E-state index in [1.807, 2.05) is 0 Å². The SMILES string of the molecule is CCn1c(=O)c2ccccc2n(CC(=O)OCCc2ccc(C(F)(F)F)cc2)c1=O. The van der Waals surface area contributed by atoms with Gasteiger partial charge in [-0.1, -0.05) is 24.3 Å². The van der Waals surface area contributed by atoms with Crippen LogP contribution in [0, 0.1) is 0 Å². The Bertz CT molecular complexity index is 1180. The lowest BCUT2D eigenvalue weighted by atomic mass is 10.1. The summed E-state index contributed by atoms with van der Waals surface area (Å²) in [5.74, 6) is -0.685. The van der Waals surface area contributed by atoms with Crippen molar-refractivity contribution in [2.45, 2.75) is 32.6 Å². The zero-order chi connectivity index (χ0) is 21.9. The van der Waals surface area contributed by atoms with Gasteiger partial charge in [0.05, 0.1) is 23.1 Å². The summed E-state index contributed by atoms with van der Waals surface area (Å²) >= 11 is 0. The summed E-state index contributed by atoms with van der Waals surface area (Å²) in [5, 5.41) is 0.316. The van der Waals surface area contributed by atoms with E-state index in [1.54, 1.807) is 31.2 Å². The molecule has 6 nitrogen and oxygen atoms in total.